The maximum atomic E-state index is 12.4. The molecule has 6 heteroatoms. The first-order chi connectivity index (χ1) is 8.82. The summed E-state index contributed by atoms with van der Waals surface area (Å²) in [5, 5.41) is 0. The van der Waals surface area contributed by atoms with Crippen molar-refractivity contribution >= 4 is 15.7 Å². The van der Waals surface area contributed by atoms with Crippen molar-refractivity contribution in [3.63, 3.8) is 0 Å². The van der Waals surface area contributed by atoms with Crippen LogP contribution in [0.2, 0.25) is 0 Å². The third-order valence-corrected chi connectivity index (χ3v) is 5.11. The number of anilines is 1. The summed E-state index contributed by atoms with van der Waals surface area (Å²) in [6.07, 6.45) is 1.64. The molecule has 0 radical (unpaired) electrons. The molecule has 1 unspecified atom stereocenters. The van der Waals surface area contributed by atoms with Gasteiger partial charge in [0.15, 0.2) is 0 Å². The van der Waals surface area contributed by atoms with Crippen LogP contribution in [0, 0.1) is 6.92 Å². The Bertz CT molecular complexity index is 563. The van der Waals surface area contributed by atoms with Crippen molar-refractivity contribution < 1.29 is 13.2 Å². The number of rotatable bonds is 3. The van der Waals surface area contributed by atoms with Gasteiger partial charge in [-0.25, -0.2) is 13.1 Å². The van der Waals surface area contributed by atoms with E-state index in [1.165, 1.54) is 0 Å². The van der Waals surface area contributed by atoms with Crippen molar-refractivity contribution in [1.29, 1.82) is 0 Å². The maximum Gasteiger partial charge on any atom is 0.241 e. The SMILES string of the molecule is Cc1cc(N)ccc1S(=O)(=O)NC1(C)CCCOC1. The topological polar surface area (TPSA) is 81.4 Å². The molecule has 0 aliphatic carbocycles. The fourth-order valence-electron chi connectivity index (χ4n) is 2.37. The highest BCUT2D eigenvalue weighted by molar-refractivity contribution is 7.89. The Kier molecular flexibility index (Phi) is 3.85. The second-order valence-corrected chi connectivity index (χ2v) is 7.00. The monoisotopic (exact) mass is 284 g/mol. The first-order valence-electron chi connectivity index (χ1n) is 6.30. The average Bonchev–Trinajstić information content (AvgIpc) is 2.27. The predicted molar refractivity (Wildman–Crippen MR) is 74.4 cm³/mol. The smallest absolute Gasteiger partial charge is 0.241 e. The van der Waals surface area contributed by atoms with E-state index in [4.69, 9.17) is 10.5 Å². The zero-order valence-electron chi connectivity index (χ0n) is 11.3. The molecule has 1 aliphatic rings. The van der Waals surface area contributed by atoms with E-state index in [0.29, 0.717) is 24.5 Å². The Morgan fingerprint density at radius 3 is 2.74 bits per heavy atom. The van der Waals surface area contributed by atoms with E-state index in [2.05, 4.69) is 4.72 Å². The van der Waals surface area contributed by atoms with Gasteiger partial charge in [-0.1, -0.05) is 0 Å². The first-order valence-corrected chi connectivity index (χ1v) is 7.79. The van der Waals surface area contributed by atoms with Gasteiger partial charge < -0.3 is 10.5 Å². The number of ether oxygens (including phenoxy) is 1. The van der Waals surface area contributed by atoms with Crippen molar-refractivity contribution in [2.24, 2.45) is 0 Å². The van der Waals surface area contributed by atoms with Gasteiger partial charge in [-0.15, -0.1) is 0 Å². The van der Waals surface area contributed by atoms with Crippen LogP contribution >= 0.6 is 0 Å². The van der Waals surface area contributed by atoms with Crippen LogP contribution in [0.5, 0.6) is 0 Å². The van der Waals surface area contributed by atoms with E-state index in [-0.39, 0.29) is 4.90 Å². The van der Waals surface area contributed by atoms with Crippen LogP contribution in [0.3, 0.4) is 0 Å². The number of nitrogens with one attached hydrogen (secondary N) is 1. The molecule has 1 atom stereocenters. The van der Waals surface area contributed by atoms with E-state index in [1.807, 2.05) is 6.92 Å². The van der Waals surface area contributed by atoms with Crippen molar-refractivity contribution in [3.8, 4) is 0 Å². The molecule has 0 saturated carbocycles. The lowest BCUT2D eigenvalue weighted by Crippen LogP contribution is -2.51. The van der Waals surface area contributed by atoms with Crippen molar-refractivity contribution in [2.45, 2.75) is 37.1 Å². The molecule has 106 valence electrons. The van der Waals surface area contributed by atoms with Gasteiger partial charge >= 0.3 is 0 Å². The van der Waals surface area contributed by atoms with Gasteiger partial charge in [0.05, 0.1) is 17.0 Å². The molecular weight excluding hydrogens is 264 g/mol. The van der Waals surface area contributed by atoms with Crippen LogP contribution in [0.25, 0.3) is 0 Å². The van der Waals surface area contributed by atoms with Crippen LogP contribution in [0.15, 0.2) is 23.1 Å². The van der Waals surface area contributed by atoms with E-state index in [9.17, 15) is 8.42 Å². The van der Waals surface area contributed by atoms with Crippen molar-refractivity contribution in [2.75, 3.05) is 18.9 Å². The van der Waals surface area contributed by atoms with Crippen LogP contribution in [-0.2, 0) is 14.8 Å². The summed E-state index contributed by atoms with van der Waals surface area (Å²) < 4.78 is 33.0. The van der Waals surface area contributed by atoms with Gasteiger partial charge in [-0.2, -0.15) is 0 Å². The molecule has 1 aromatic rings. The third kappa shape index (κ3) is 3.26. The van der Waals surface area contributed by atoms with Crippen LogP contribution < -0.4 is 10.5 Å². The quantitative estimate of drug-likeness (QED) is 0.823. The average molecular weight is 284 g/mol. The zero-order chi connectivity index (χ0) is 14.1. The van der Waals surface area contributed by atoms with Crippen molar-refractivity contribution in [1.82, 2.24) is 4.72 Å². The number of hydrogen-bond acceptors (Lipinski definition) is 4. The molecule has 5 nitrogen and oxygen atoms in total. The molecular formula is C13H20N2O3S. The van der Waals surface area contributed by atoms with Gasteiger partial charge in [-0.3, -0.25) is 0 Å². The molecule has 2 rings (SSSR count). The maximum absolute atomic E-state index is 12.4. The van der Waals surface area contributed by atoms with Crippen LogP contribution in [0.1, 0.15) is 25.3 Å². The number of aryl methyl sites for hydroxylation is 1. The van der Waals surface area contributed by atoms with Gasteiger partial charge in [0.25, 0.3) is 0 Å². The third-order valence-electron chi connectivity index (χ3n) is 3.31. The Morgan fingerprint density at radius 2 is 2.16 bits per heavy atom. The minimum Gasteiger partial charge on any atom is -0.399 e. The second-order valence-electron chi connectivity index (χ2n) is 5.35. The number of sulfonamides is 1. The predicted octanol–water partition coefficient (Wildman–Crippen LogP) is 1.42. The molecule has 0 aromatic heterocycles. The Hall–Kier alpha value is -1.11. The molecule has 1 saturated heterocycles. The van der Waals surface area contributed by atoms with E-state index in [0.717, 1.165) is 12.8 Å². The molecule has 0 spiro atoms. The molecule has 0 amide bonds. The molecule has 1 aliphatic heterocycles. The lowest BCUT2D eigenvalue weighted by molar-refractivity contribution is 0.0386. The minimum atomic E-state index is -3.55. The molecule has 19 heavy (non-hydrogen) atoms. The molecule has 3 N–H and O–H groups in total. The second kappa shape index (κ2) is 5.11. The van der Waals surface area contributed by atoms with Crippen LogP contribution in [0.4, 0.5) is 5.69 Å². The fourth-order valence-corrected chi connectivity index (χ4v) is 4.02. The van der Waals surface area contributed by atoms with Gasteiger partial charge in [0.2, 0.25) is 10.0 Å². The molecule has 0 bridgehead atoms. The largest absolute Gasteiger partial charge is 0.399 e. The summed E-state index contributed by atoms with van der Waals surface area (Å²) in [5.41, 5.74) is 6.31. The van der Waals surface area contributed by atoms with E-state index >= 15 is 0 Å². The van der Waals surface area contributed by atoms with Crippen molar-refractivity contribution in [3.05, 3.63) is 23.8 Å². The summed E-state index contributed by atoms with van der Waals surface area (Å²) in [7, 11) is -3.55. The standard InChI is InChI=1S/C13H20N2O3S/c1-10-8-11(14)4-5-12(10)19(16,17)15-13(2)6-3-7-18-9-13/h4-5,8,15H,3,6-7,9,14H2,1-2H3. The highest BCUT2D eigenvalue weighted by Crippen LogP contribution is 2.24. The number of nitrogen functional groups attached to an aromatic ring is 1. The highest BCUT2D eigenvalue weighted by atomic mass is 32.2. The normalized spacial score (nSPS) is 24.3. The number of nitrogens with two attached hydrogens (primary N) is 1. The minimum absolute atomic E-state index is 0.272. The Balaban J connectivity index is 2.27. The summed E-state index contributed by atoms with van der Waals surface area (Å²) in [4.78, 5) is 0.272. The van der Waals surface area contributed by atoms with E-state index < -0.39 is 15.6 Å². The Morgan fingerprint density at radius 1 is 1.42 bits per heavy atom. The summed E-state index contributed by atoms with van der Waals surface area (Å²) in [6.45, 7) is 4.71. The zero-order valence-corrected chi connectivity index (χ0v) is 12.1. The van der Waals surface area contributed by atoms with Gasteiger partial charge in [0.1, 0.15) is 0 Å². The molecule has 1 heterocycles. The van der Waals surface area contributed by atoms with Gasteiger partial charge in [0, 0.05) is 12.3 Å². The molecule has 1 fully saturated rings. The number of benzene rings is 1. The lowest BCUT2D eigenvalue weighted by Gasteiger charge is -2.34. The van der Waals surface area contributed by atoms with Crippen LogP contribution in [-0.4, -0.2) is 27.2 Å². The number of hydrogen-bond donors (Lipinski definition) is 2. The summed E-state index contributed by atoms with van der Waals surface area (Å²) in [6, 6.07) is 4.80. The van der Waals surface area contributed by atoms with Gasteiger partial charge in [-0.05, 0) is 50.5 Å². The highest BCUT2D eigenvalue weighted by Gasteiger charge is 2.33. The summed E-state index contributed by atoms with van der Waals surface area (Å²) in [5.74, 6) is 0. The molecule has 1 aromatic carbocycles. The first kappa shape index (κ1) is 14.3. The Labute approximate surface area is 114 Å². The fraction of sp³-hybridized carbons (Fsp3) is 0.538. The van der Waals surface area contributed by atoms with E-state index in [1.54, 1.807) is 25.1 Å². The summed E-state index contributed by atoms with van der Waals surface area (Å²) >= 11 is 0. The lowest BCUT2D eigenvalue weighted by atomic mass is 9.97.